The number of nitrogens with one attached hydrogen (secondary N) is 1. The number of hydrogen-bond acceptors (Lipinski definition) is 5. The van der Waals surface area contributed by atoms with Gasteiger partial charge in [0.1, 0.15) is 0 Å². The van der Waals surface area contributed by atoms with Crippen LogP contribution in [0.2, 0.25) is 0 Å². The number of carboxylic acid groups (broad SMARTS) is 1. The van der Waals surface area contributed by atoms with Gasteiger partial charge in [0.05, 0.1) is 12.1 Å². The van der Waals surface area contributed by atoms with Crippen LogP contribution in [0.1, 0.15) is 48.7 Å². The van der Waals surface area contributed by atoms with E-state index in [1.165, 1.54) is 5.56 Å². The Morgan fingerprint density at radius 1 is 1.06 bits per heavy atom. The average molecular weight is 466 g/mol. The van der Waals surface area contributed by atoms with Crippen molar-refractivity contribution in [2.45, 2.75) is 40.7 Å². The molecule has 7 heteroatoms. The molecule has 2 N–H and O–H groups in total. The van der Waals surface area contributed by atoms with Crippen LogP contribution in [0.4, 0.5) is 5.13 Å². The standard InChI is InChI=1S/C26H31N3O3S/c1-18-5-9-20(10-6-18)22-16-33-25(28-22)29(17-26(2,3)4)15-19-7-11-21(12-8-19)24(32)27-14-13-23(30)31/h5-12,16H,13-15,17H2,1-4H3,(H,27,32)(H,30,31). The SMILES string of the molecule is Cc1ccc(-c2csc(N(Cc3ccc(C(=O)NCCC(=O)O)cc3)CC(C)(C)C)n2)cc1. The van der Waals surface area contributed by atoms with Gasteiger partial charge in [-0.2, -0.15) is 0 Å². The van der Waals surface area contributed by atoms with E-state index in [0.29, 0.717) is 12.1 Å². The van der Waals surface area contributed by atoms with Crippen LogP contribution >= 0.6 is 11.3 Å². The van der Waals surface area contributed by atoms with Crippen molar-refractivity contribution in [1.82, 2.24) is 10.3 Å². The molecule has 0 fully saturated rings. The minimum Gasteiger partial charge on any atom is -0.481 e. The lowest BCUT2D eigenvalue weighted by Gasteiger charge is -2.30. The van der Waals surface area contributed by atoms with Crippen LogP contribution in [0.5, 0.6) is 0 Å². The number of aliphatic carboxylic acids is 1. The van der Waals surface area contributed by atoms with Crippen molar-refractivity contribution in [2.75, 3.05) is 18.0 Å². The Labute approximate surface area is 199 Å². The molecule has 0 bridgehead atoms. The Kier molecular flexibility index (Phi) is 7.87. The second-order valence-electron chi connectivity index (χ2n) is 9.39. The fourth-order valence-electron chi connectivity index (χ4n) is 3.40. The third-order valence-corrected chi connectivity index (χ3v) is 5.89. The van der Waals surface area contributed by atoms with E-state index in [9.17, 15) is 9.59 Å². The highest BCUT2D eigenvalue weighted by atomic mass is 32.1. The first kappa shape index (κ1) is 24.5. The van der Waals surface area contributed by atoms with Gasteiger partial charge in [0, 0.05) is 36.1 Å². The van der Waals surface area contributed by atoms with E-state index >= 15 is 0 Å². The van der Waals surface area contributed by atoms with Crippen molar-refractivity contribution in [2.24, 2.45) is 5.41 Å². The van der Waals surface area contributed by atoms with Crippen molar-refractivity contribution >= 4 is 28.3 Å². The van der Waals surface area contributed by atoms with Crippen molar-refractivity contribution < 1.29 is 14.7 Å². The molecule has 1 aromatic heterocycles. The van der Waals surface area contributed by atoms with Crippen LogP contribution in [-0.4, -0.2) is 35.1 Å². The first-order valence-electron chi connectivity index (χ1n) is 11.0. The molecule has 0 saturated carbocycles. The number of anilines is 1. The fourth-order valence-corrected chi connectivity index (χ4v) is 4.23. The number of thiazole rings is 1. The highest BCUT2D eigenvalue weighted by Gasteiger charge is 2.20. The van der Waals surface area contributed by atoms with Crippen molar-refractivity contribution in [1.29, 1.82) is 0 Å². The Morgan fingerprint density at radius 3 is 2.33 bits per heavy atom. The summed E-state index contributed by atoms with van der Waals surface area (Å²) in [4.78, 5) is 30.0. The summed E-state index contributed by atoms with van der Waals surface area (Å²) >= 11 is 1.64. The molecule has 0 aliphatic carbocycles. The minimum absolute atomic E-state index is 0.0830. The van der Waals surface area contributed by atoms with Crippen LogP contribution in [-0.2, 0) is 11.3 Å². The molecule has 0 aliphatic heterocycles. The number of carbonyl (C=O) groups is 2. The maximum absolute atomic E-state index is 12.2. The van der Waals surface area contributed by atoms with Gasteiger partial charge >= 0.3 is 5.97 Å². The van der Waals surface area contributed by atoms with Gasteiger partial charge in [0.15, 0.2) is 5.13 Å². The third-order valence-electron chi connectivity index (χ3n) is 4.99. The lowest BCUT2D eigenvalue weighted by molar-refractivity contribution is -0.136. The largest absolute Gasteiger partial charge is 0.481 e. The van der Waals surface area contributed by atoms with Crippen molar-refractivity contribution in [3.05, 3.63) is 70.6 Å². The summed E-state index contributed by atoms with van der Waals surface area (Å²) in [6, 6.07) is 15.8. The molecule has 3 aromatic rings. The molecule has 1 heterocycles. The molecule has 0 saturated heterocycles. The summed E-state index contributed by atoms with van der Waals surface area (Å²) in [6.07, 6.45) is -0.0933. The van der Waals surface area contributed by atoms with E-state index in [-0.39, 0.29) is 24.3 Å². The lowest BCUT2D eigenvalue weighted by Crippen LogP contribution is -2.32. The predicted octanol–water partition coefficient (Wildman–Crippen LogP) is 5.38. The van der Waals surface area contributed by atoms with E-state index in [1.807, 2.05) is 12.1 Å². The normalized spacial score (nSPS) is 11.3. The Hall–Kier alpha value is -3.19. The Bertz CT molecular complexity index is 1080. The van der Waals surface area contributed by atoms with Gasteiger partial charge in [-0.1, -0.05) is 62.7 Å². The van der Waals surface area contributed by atoms with E-state index in [1.54, 1.807) is 23.5 Å². The topological polar surface area (TPSA) is 82.5 Å². The number of carboxylic acids is 1. The summed E-state index contributed by atoms with van der Waals surface area (Å²) in [7, 11) is 0. The summed E-state index contributed by atoms with van der Waals surface area (Å²) in [5.74, 6) is -1.20. The number of amides is 1. The van der Waals surface area contributed by atoms with Gasteiger partial charge in [-0.05, 0) is 30.0 Å². The maximum atomic E-state index is 12.2. The summed E-state index contributed by atoms with van der Waals surface area (Å²) in [5, 5.41) is 14.4. The zero-order valence-electron chi connectivity index (χ0n) is 19.6. The number of aromatic nitrogens is 1. The predicted molar refractivity (Wildman–Crippen MR) is 134 cm³/mol. The third kappa shape index (κ3) is 7.43. The van der Waals surface area contributed by atoms with Gasteiger partial charge in [-0.25, -0.2) is 4.98 Å². The minimum atomic E-state index is -0.933. The van der Waals surface area contributed by atoms with Gasteiger partial charge in [-0.3, -0.25) is 9.59 Å². The van der Waals surface area contributed by atoms with Crippen molar-refractivity contribution in [3.63, 3.8) is 0 Å². The van der Waals surface area contributed by atoms with E-state index in [2.05, 4.69) is 67.6 Å². The first-order chi connectivity index (χ1) is 15.6. The monoisotopic (exact) mass is 465 g/mol. The van der Waals surface area contributed by atoms with Gasteiger partial charge in [-0.15, -0.1) is 11.3 Å². The second kappa shape index (κ2) is 10.6. The molecule has 174 valence electrons. The smallest absolute Gasteiger partial charge is 0.305 e. The summed E-state index contributed by atoms with van der Waals surface area (Å²) in [6.45, 7) is 10.3. The Morgan fingerprint density at radius 2 is 1.73 bits per heavy atom. The molecule has 0 aliphatic rings. The summed E-state index contributed by atoms with van der Waals surface area (Å²) in [5.41, 5.74) is 4.98. The molecule has 0 unspecified atom stereocenters. The molecule has 33 heavy (non-hydrogen) atoms. The van der Waals surface area contributed by atoms with Gasteiger partial charge in [0.25, 0.3) is 5.91 Å². The van der Waals surface area contributed by atoms with Crippen LogP contribution < -0.4 is 10.2 Å². The number of nitrogens with zero attached hydrogens (tertiary/aromatic N) is 2. The molecule has 0 atom stereocenters. The van der Waals surface area contributed by atoms with Gasteiger partial charge < -0.3 is 15.3 Å². The number of benzene rings is 2. The number of carbonyl (C=O) groups excluding carboxylic acids is 1. The molecule has 1 amide bonds. The molecule has 0 spiro atoms. The van der Waals surface area contributed by atoms with E-state index in [0.717, 1.165) is 28.5 Å². The molecule has 6 nitrogen and oxygen atoms in total. The zero-order valence-corrected chi connectivity index (χ0v) is 20.4. The first-order valence-corrected chi connectivity index (χ1v) is 11.9. The molecule has 2 aromatic carbocycles. The zero-order chi connectivity index (χ0) is 24.0. The highest BCUT2D eigenvalue weighted by molar-refractivity contribution is 7.14. The molecular formula is C26H31N3O3S. The van der Waals surface area contributed by atoms with Crippen LogP contribution in [0, 0.1) is 12.3 Å². The molecular weight excluding hydrogens is 434 g/mol. The number of hydrogen-bond donors (Lipinski definition) is 2. The van der Waals surface area contributed by atoms with Gasteiger partial charge in [0.2, 0.25) is 0 Å². The quantitative estimate of drug-likeness (QED) is 0.444. The Balaban J connectivity index is 1.74. The van der Waals surface area contributed by atoms with Crippen LogP contribution in [0.15, 0.2) is 53.9 Å². The second-order valence-corrected chi connectivity index (χ2v) is 10.2. The number of rotatable bonds is 9. The molecule has 0 radical (unpaired) electrons. The van der Waals surface area contributed by atoms with Crippen molar-refractivity contribution in [3.8, 4) is 11.3 Å². The van der Waals surface area contributed by atoms with E-state index in [4.69, 9.17) is 10.1 Å². The molecule has 3 rings (SSSR count). The lowest BCUT2D eigenvalue weighted by atomic mass is 9.96. The maximum Gasteiger partial charge on any atom is 0.305 e. The highest BCUT2D eigenvalue weighted by Crippen LogP contribution is 2.31. The van der Waals surface area contributed by atoms with Crippen LogP contribution in [0.3, 0.4) is 0 Å². The average Bonchev–Trinajstić information content (AvgIpc) is 3.23. The number of aryl methyl sites for hydroxylation is 1. The fraction of sp³-hybridized carbons (Fsp3) is 0.346. The van der Waals surface area contributed by atoms with E-state index < -0.39 is 5.97 Å². The van der Waals surface area contributed by atoms with Crippen LogP contribution in [0.25, 0.3) is 11.3 Å². The summed E-state index contributed by atoms with van der Waals surface area (Å²) < 4.78 is 0.